The van der Waals surface area contributed by atoms with Gasteiger partial charge in [0.15, 0.2) is 0 Å². The number of para-hydroxylation sites is 1. The molecular weight excluding hydrogens is 446 g/mol. The lowest BCUT2D eigenvalue weighted by molar-refractivity contribution is -0.136. The second-order valence-corrected chi connectivity index (χ2v) is 8.40. The standard InChI is InChI=1S/C23H26BrN3O3/c24-19-11-9-18(10-12-19)23(30)27-15-13-17(16-27)6-4-5-14-25-21(28)22(29)26-20-7-2-1-3-8-20/h1-3,7-12,17H,4-6,13-16H2,(H,25,28)(H,26,29)/t17-/m1/s1. The van der Waals surface area contributed by atoms with Crippen molar-refractivity contribution in [2.24, 2.45) is 5.92 Å². The molecule has 1 saturated heterocycles. The number of nitrogens with zero attached hydrogens (tertiary/aromatic N) is 1. The Kier molecular flexibility index (Phi) is 8.02. The number of anilines is 1. The van der Waals surface area contributed by atoms with Gasteiger partial charge >= 0.3 is 11.8 Å². The summed E-state index contributed by atoms with van der Waals surface area (Å²) in [6.45, 7) is 2.03. The van der Waals surface area contributed by atoms with Crippen LogP contribution >= 0.6 is 15.9 Å². The maximum Gasteiger partial charge on any atom is 0.313 e. The molecule has 1 aliphatic rings. The summed E-state index contributed by atoms with van der Waals surface area (Å²) in [7, 11) is 0. The van der Waals surface area contributed by atoms with Crippen molar-refractivity contribution in [3.8, 4) is 0 Å². The predicted molar refractivity (Wildman–Crippen MR) is 120 cm³/mol. The zero-order valence-corrected chi connectivity index (χ0v) is 18.4. The summed E-state index contributed by atoms with van der Waals surface area (Å²) < 4.78 is 0.961. The molecule has 2 N–H and O–H groups in total. The van der Waals surface area contributed by atoms with E-state index in [1.54, 1.807) is 24.3 Å². The molecule has 0 unspecified atom stereocenters. The molecule has 30 heavy (non-hydrogen) atoms. The Labute approximate surface area is 185 Å². The van der Waals surface area contributed by atoms with Gasteiger partial charge < -0.3 is 15.5 Å². The highest BCUT2D eigenvalue weighted by Gasteiger charge is 2.26. The van der Waals surface area contributed by atoms with Crippen LogP contribution < -0.4 is 10.6 Å². The van der Waals surface area contributed by atoms with Gasteiger partial charge in [-0.3, -0.25) is 14.4 Å². The Hall–Kier alpha value is -2.67. The molecule has 0 bridgehead atoms. The van der Waals surface area contributed by atoms with Crippen molar-refractivity contribution in [1.82, 2.24) is 10.2 Å². The summed E-state index contributed by atoms with van der Waals surface area (Å²) in [5.74, 6) is -0.701. The maximum atomic E-state index is 12.6. The Morgan fingerprint density at radius 1 is 0.967 bits per heavy atom. The predicted octanol–water partition coefficient (Wildman–Crippen LogP) is 3.84. The van der Waals surface area contributed by atoms with Crippen LogP contribution in [0.5, 0.6) is 0 Å². The van der Waals surface area contributed by atoms with Crippen LogP contribution in [0, 0.1) is 5.92 Å². The number of hydrogen-bond acceptors (Lipinski definition) is 3. The average molecular weight is 472 g/mol. The average Bonchev–Trinajstić information content (AvgIpc) is 3.23. The largest absolute Gasteiger partial charge is 0.348 e. The summed E-state index contributed by atoms with van der Waals surface area (Å²) in [6.07, 6.45) is 3.78. The van der Waals surface area contributed by atoms with Crippen LogP contribution in [-0.2, 0) is 9.59 Å². The number of rotatable bonds is 7. The molecule has 2 aromatic carbocycles. The van der Waals surface area contributed by atoms with Gasteiger partial charge in [-0.05, 0) is 61.6 Å². The summed E-state index contributed by atoms with van der Waals surface area (Å²) >= 11 is 3.39. The minimum atomic E-state index is -0.654. The zero-order chi connectivity index (χ0) is 21.3. The van der Waals surface area contributed by atoms with Crippen molar-refractivity contribution < 1.29 is 14.4 Å². The van der Waals surface area contributed by atoms with Gasteiger partial charge in [-0.25, -0.2) is 0 Å². The normalized spacial score (nSPS) is 15.6. The first-order valence-electron chi connectivity index (χ1n) is 10.2. The van der Waals surface area contributed by atoms with Gasteiger partial charge in [0.05, 0.1) is 0 Å². The van der Waals surface area contributed by atoms with Crippen molar-refractivity contribution in [3.05, 3.63) is 64.6 Å². The molecule has 1 atom stereocenters. The fourth-order valence-electron chi connectivity index (χ4n) is 3.58. The van der Waals surface area contributed by atoms with Gasteiger partial charge in [-0.15, -0.1) is 0 Å². The topological polar surface area (TPSA) is 78.5 Å². The molecule has 0 spiro atoms. The van der Waals surface area contributed by atoms with Gasteiger partial charge in [0.2, 0.25) is 0 Å². The molecule has 2 aromatic rings. The van der Waals surface area contributed by atoms with Crippen LogP contribution in [-0.4, -0.2) is 42.3 Å². The van der Waals surface area contributed by atoms with E-state index in [2.05, 4.69) is 26.6 Å². The molecule has 3 rings (SSSR count). The molecule has 1 heterocycles. The van der Waals surface area contributed by atoms with Crippen molar-refractivity contribution in [2.45, 2.75) is 25.7 Å². The van der Waals surface area contributed by atoms with E-state index in [0.29, 0.717) is 18.2 Å². The summed E-state index contributed by atoms with van der Waals surface area (Å²) in [6, 6.07) is 16.4. The van der Waals surface area contributed by atoms with Gasteiger partial charge in [0.25, 0.3) is 5.91 Å². The third-order valence-corrected chi connectivity index (χ3v) is 5.76. The molecule has 0 saturated carbocycles. The van der Waals surface area contributed by atoms with Crippen molar-refractivity contribution >= 4 is 39.3 Å². The van der Waals surface area contributed by atoms with E-state index in [1.807, 2.05) is 35.2 Å². The highest BCUT2D eigenvalue weighted by Crippen LogP contribution is 2.23. The number of hydrogen-bond donors (Lipinski definition) is 2. The molecule has 1 fully saturated rings. The van der Waals surface area contributed by atoms with E-state index in [9.17, 15) is 14.4 Å². The number of benzene rings is 2. The van der Waals surface area contributed by atoms with Crippen LogP contribution in [0.15, 0.2) is 59.1 Å². The van der Waals surface area contributed by atoms with Crippen LogP contribution in [0.3, 0.4) is 0 Å². The molecule has 0 aromatic heterocycles. The summed E-state index contributed by atoms with van der Waals surface area (Å²) in [4.78, 5) is 38.2. The molecule has 6 nitrogen and oxygen atoms in total. The van der Waals surface area contributed by atoms with Crippen molar-refractivity contribution in [1.29, 1.82) is 0 Å². The number of halogens is 1. The van der Waals surface area contributed by atoms with E-state index in [0.717, 1.165) is 48.8 Å². The van der Waals surface area contributed by atoms with Gasteiger partial charge in [-0.2, -0.15) is 0 Å². The molecular formula is C23H26BrN3O3. The minimum Gasteiger partial charge on any atom is -0.348 e. The first-order valence-corrected chi connectivity index (χ1v) is 11.0. The Bertz CT molecular complexity index is 871. The highest BCUT2D eigenvalue weighted by molar-refractivity contribution is 9.10. The molecule has 0 aliphatic carbocycles. The SMILES string of the molecule is O=C(NCCCC[C@@H]1CCN(C(=O)c2ccc(Br)cc2)C1)C(=O)Nc1ccccc1. The first-order chi connectivity index (χ1) is 14.5. The molecule has 7 heteroatoms. The number of carbonyl (C=O) groups is 3. The van der Waals surface area contributed by atoms with Gasteiger partial charge in [0, 0.05) is 35.4 Å². The van der Waals surface area contributed by atoms with Gasteiger partial charge in [0.1, 0.15) is 0 Å². The zero-order valence-electron chi connectivity index (χ0n) is 16.8. The molecule has 1 aliphatic heterocycles. The number of likely N-dealkylation sites (tertiary alicyclic amines) is 1. The Morgan fingerprint density at radius 3 is 2.43 bits per heavy atom. The van der Waals surface area contributed by atoms with Crippen LogP contribution in [0.2, 0.25) is 0 Å². The summed E-state index contributed by atoms with van der Waals surface area (Å²) in [5.41, 5.74) is 1.32. The molecule has 3 amide bonds. The smallest absolute Gasteiger partial charge is 0.313 e. The maximum absolute atomic E-state index is 12.6. The van der Waals surface area contributed by atoms with E-state index < -0.39 is 11.8 Å². The van der Waals surface area contributed by atoms with Crippen molar-refractivity contribution in [3.63, 3.8) is 0 Å². The van der Waals surface area contributed by atoms with E-state index in [1.165, 1.54) is 0 Å². The first kappa shape index (κ1) is 22.0. The quantitative estimate of drug-likeness (QED) is 0.475. The van der Waals surface area contributed by atoms with E-state index in [4.69, 9.17) is 0 Å². The number of nitrogens with one attached hydrogen (secondary N) is 2. The Balaban J connectivity index is 1.30. The van der Waals surface area contributed by atoms with E-state index in [-0.39, 0.29) is 5.91 Å². The van der Waals surface area contributed by atoms with Crippen LogP contribution in [0.1, 0.15) is 36.0 Å². The van der Waals surface area contributed by atoms with Gasteiger partial charge in [-0.1, -0.05) is 40.5 Å². The molecule has 158 valence electrons. The lowest BCUT2D eigenvalue weighted by Gasteiger charge is -2.16. The third-order valence-electron chi connectivity index (χ3n) is 5.23. The fraction of sp³-hybridized carbons (Fsp3) is 0.348. The summed E-state index contributed by atoms with van der Waals surface area (Å²) in [5, 5.41) is 5.23. The fourth-order valence-corrected chi connectivity index (χ4v) is 3.84. The van der Waals surface area contributed by atoms with Crippen molar-refractivity contribution in [2.75, 3.05) is 25.0 Å². The molecule has 0 radical (unpaired) electrons. The second kappa shape index (κ2) is 10.9. The third kappa shape index (κ3) is 6.42. The second-order valence-electron chi connectivity index (χ2n) is 7.48. The monoisotopic (exact) mass is 471 g/mol. The number of amides is 3. The number of carbonyl (C=O) groups excluding carboxylic acids is 3. The highest BCUT2D eigenvalue weighted by atomic mass is 79.9. The van der Waals surface area contributed by atoms with E-state index >= 15 is 0 Å². The minimum absolute atomic E-state index is 0.0849. The lowest BCUT2D eigenvalue weighted by Crippen LogP contribution is -2.35. The lowest BCUT2D eigenvalue weighted by atomic mass is 10.0. The Morgan fingerprint density at radius 2 is 1.70 bits per heavy atom. The van der Waals surface area contributed by atoms with Crippen LogP contribution in [0.25, 0.3) is 0 Å². The number of unbranched alkanes of at least 4 members (excludes halogenated alkanes) is 1. The van der Waals surface area contributed by atoms with Crippen LogP contribution in [0.4, 0.5) is 5.69 Å².